The first kappa shape index (κ1) is 59.5. The summed E-state index contributed by atoms with van der Waals surface area (Å²) >= 11 is 0. The lowest BCUT2D eigenvalue weighted by Gasteiger charge is -2.30. The van der Waals surface area contributed by atoms with Crippen molar-refractivity contribution in [3.05, 3.63) is 42.6 Å². The number of unbranched alkanes of at least 4 members (excludes halogenated alkanes) is 16. The molecule has 372 valence electrons. The smallest absolute Gasteiger partial charge is 0.273 e. The Hall–Kier alpha value is -3.56. The van der Waals surface area contributed by atoms with E-state index in [0.29, 0.717) is 58.4 Å². The van der Waals surface area contributed by atoms with Crippen LogP contribution in [0.3, 0.4) is 0 Å². The Morgan fingerprint density at radius 3 is 1.77 bits per heavy atom. The zero-order chi connectivity index (χ0) is 46.7. The average molecular weight is 935 g/mol. The van der Waals surface area contributed by atoms with Gasteiger partial charge in [0.25, 0.3) is 5.91 Å². The lowest BCUT2D eigenvalue weighted by molar-refractivity contribution is -0.126. The Bertz CT molecular complexity index is 1580. The number of fused-ring (bicyclic) bond motifs is 1. The molecule has 0 radical (unpaired) electrons. The number of halogens is 1. The molecule has 0 saturated heterocycles. The summed E-state index contributed by atoms with van der Waals surface area (Å²) in [5.41, 5.74) is 6.64. The molecular weight excluding hydrogens is 846 g/mol. The normalized spacial score (nSPS) is 12.3. The summed E-state index contributed by atoms with van der Waals surface area (Å²) in [6.07, 6.45) is 25.0. The van der Waals surface area contributed by atoms with Crippen molar-refractivity contribution in [2.75, 3.05) is 59.3 Å². The lowest BCUT2D eigenvalue weighted by atomic mass is 9.86. The Balaban J connectivity index is 0.0000211. The predicted octanol–water partition coefficient (Wildman–Crippen LogP) is 8.34. The standard InChI is InChI=1S/C50H87N7O7.ClH/c1-6-8-10-11-12-13-14-15-16-17-18-19-20-21-22-25-31-53-47(59)42(51)29-30-44(58)52-32-35-62-37-39-64-40-38-63-36-33-54-49(61)46(50(3,4)5)55-48(60)45-41-27-23-24-28-43(41)57(56-45)34-26-9-7-2;/h7,23-24,27-28,42,46H,2,6,8-22,25-26,29-40,51H2,1,3-5H3,(H,52,58)(H,53,59)(H,54,61)(H,55,60);1H/t42-,46+;/m0./s1. The quantitative estimate of drug-likeness (QED) is 0.0323. The molecule has 4 amide bonds. The van der Waals surface area contributed by atoms with Crippen molar-refractivity contribution in [1.29, 1.82) is 0 Å². The van der Waals surface area contributed by atoms with Crippen LogP contribution in [0.1, 0.15) is 167 Å². The summed E-state index contributed by atoms with van der Waals surface area (Å²) in [4.78, 5) is 51.3. The van der Waals surface area contributed by atoms with E-state index < -0.39 is 23.4 Å². The number of hydrogen-bond acceptors (Lipinski definition) is 9. The second-order valence-electron chi connectivity index (χ2n) is 18.0. The van der Waals surface area contributed by atoms with Crippen LogP contribution in [0.5, 0.6) is 0 Å². The van der Waals surface area contributed by atoms with Crippen LogP contribution in [0, 0.1) is 5.41 Å². The maximum atomic E-state index is 13.5. The summed E-state index contributed by atoms with van der Waals surface area (Å²) in [6.45, 7) is 15.7. The van der Waals surface area contributed by atoms with E-state index in [1.165, 1.54) is 89.9 Å². The molecule has 65 heavy (non-hydrogen) atoms. The number of nitrogens with two attached hydrogens (primary N) is 1. The molecule has 0 fully saturated rings. The fourth-order valence-electron chi connectivity index (χ4n) is 7.40. The highest BCUT2D eigenvalue weighted by molar-refractivity contribution is 6.06. The van der Waals surface area contributed by atoms with Gasteiger partial charge in [0.2, 0.25) is 17.7 Å². The van der Waals surface area contributed by atoms with E-state index in [4.69, 9.17) is 19.9 Å². The first-order valence-electron chi connectivity index (χ1n) is 24.7. The van der Waals surface area contributed by atoms with E-state index in [9.17, 15) is 19.2 Å². The Labute approximate surface area is 397 Å². The third-order valence-corrected chi connectivity index (χ3v) is 11.3. The molecular formula is C50H88ClN7O7. The summed E-state index contributed by atoms with van der Waals surface area (Å²) < 4.78 is 18.5. The van der Waals surface area contributed by atoms with Crippen LogP contribution < -0.4 is 27.0 Å². The molecule has 2 rings (SSSR count). The summed E-state index contributed by atoms with van der Waals surface area (Å²) in [7, 11) is 0. The largest absolute Gasteiger partial charge is 0.377 e. The van der Waals surface area contributed by atoms with Crippen molar-refractivity contribution in [3.8, 4) is 0 Å². The number of para-hydroxylation sites is 1. The molecule has 0 unspecified atom stereocenters. The Morgan fingerprint density at radius 2 is 1.22 bits per heavy atom. The van der Waals surface area contributed by atoms with Crippen LogP contribution in [-0.4, -0.2) is 105 Å². The predicted molar refractivity (Wildman–Crippen MR) is 265 cm³/mol. The maximum Gasteiger partial charge on any atom is 0.273 e. The van der Waals surface area contributed by atoms with Crippen molar-refractivity contribution in [1.82, 2.24) is 31.0 Å². The minimum Gasteiger partial charge on any atom is -0.377 e. The van der Waals surface area contributed by atoms with E-state index in [-0.39, 0.29) is 56.1 Å². The highest BCUT2D eigenvalue weighted by atomic mass is 35.5. The van der Waals surface area contributed by atoms with Crippen molar-refractivity contribution >= 4 is 46.9 Å². The van der Waals surface area contributed by atoms with E-state index in [1.54, 1.807) is 0 Å². The number of hydrogen-bond donors (Lipinski definition) is 5. The van der Waals surface area contributed by atoms with Crippen molar-refractivity contribution in [2.24, 2.45) is 11.1 Å². The molecule has 0 spiro atoms. The van der Waals surface area contributed by atoms with Gasteiger partial charge in [0.05, 0.1) is 51.2 Å². The van der Waals surface area contributed by atoms with E-state index in [0.717, 1.165) is 36.6 Å². The third-order valence-electron chi connectivity index (χ3n) is 11.3. The fourth-order valence-corrected chi connectivity index (χ4v) is 7.40. The first-order valence-corrected chi connectivity index (χ1v) is 24.7. The number of amides is 4. The lowest BCUT2D eigenvalue weighted by Crippen LogP contribution is -2.54. The number of nitrogens with zero attached hydrogens (tertiary/aromatic N) is 2. The van der Waals surface area contributed by atoms with Crippen LogP contribution in [0.15, 0.2) is 36.9 Å². The monoisotopic (exact) mass is 934 g/mol. The number of carbonyl (C=O) groups is 4. The van der Waals surface area contributed by atoms with Gasteiger partial charge in [-0.2, -0.15) is 5.10 Å². The molecule has 0 bridgehead atoms. The third kappa shape index (κ3) is 27.6. The minimum atomic E-state index is -0.791. The van der Waals surface area contributed by atoms with Gasteiger partial charge in [0, 0.05) is 38.0 Å². The second kappa shape index (κ2) is 37.5. The highest BCUT2D eigenvalue weighted by Gasteiger charge is 2.34. The number of carbonyl (C=O) groups excluding carboxylic acids is 4. The van der Waals surface area contributed by atoms with Crippen LogP contribution in [0.2, 0.25) is 0 Å². The number of allylic oxidation sites excluding steroid dienone is 1. The van der Waals surface area contributed by atoms with Gasteiger partial charge in [-0.1, -0.05) is 148 Å². The van der Waals surface area contributed by atoms with Gasteiger partial charge in [-0.3, -0.25) is 23.9 Å². The Morgan fingerprint density at radius 1 is 0.708 bits per heavy atom. The molecule has 2 atom stereocenters. The zero-order valence-electron chi connectivity index (χ0n) is 40.7. The van der Waals surface area contributed by atoms with Crippen molar-refractivity contribution in [2.45, 2.75) is 175 Å². The fraction of sp³-hybridized carbons (Fsp3) is 0.740. The topological polar surface area (TPSA) is 188 Å². The van der Waals surface area contributed by atoms with Gasteiger partial charge < -0.3 is 41.2 Å². The SMILES string of the molecule is C=CCCCn1nc(C(=O)N[C@H](C(=O)NCCOCCOCCOCCNC(=O)CC[C@H](N)C(=O)NCCCCCCCCCCCCCCCCCC)C(C)(C)C)c2ccccc21.Cl. The van der Waals surface area contributed by atoms with Gasteiger partial charge in [0.15, 0.2) is 5.69 Å². The highest BCUT2D eigenvalue weighted by Crippen LogP contribution is 2.23. The van der Waals surface area contributed by atoms with Gasteiger partial charge in [-0.05, 0) is 37.2 Å². The molecule has 0 aliphatic heterocycles. The molecule has 0 aliphatic rings. The molecule has 0 saturated carbocycles. The van der Waals surface area contributed by atoms with Crippen molar-refractivity contribution < 1.29 is 33.4 Å². The molecule has 1 heterocycles. The molecule has 6 N–H and O–H groups in total. The summed E-state index contributed by atoms with van der Waals surface area (Å²) in [6, 6.07) is 6.11. The van der Waals surface area contributed by atoms with Crippen molar-refractivity contribution in [3.63, 3.8) is 0 Å². The molecule has 1 aromatic heterocycles. The van der Waals surface area contributed by atoms with Gasteiger partial charge in [-0.25, -0.2) is 0 Å². The number of nitrogens with one attached hydrogen (secondary N) is 4. The molecule has 1 aromatic carbocycles. The number of aryl methyl sites for hydroxylation is 1. The van der Waals surface area contributed by atoms with E-state index in [2.05, 4.69) is 39.9 Å². The van der Waals surface area contributed by atoms with Crippen LogP contribution in [-0.2, 0) is 35.1 Å². The minimum absolute atomic E-state index is 0. The van der Waals surface area contributed by atoms with E-state index in [1.807, 2.05) is 55.8 Å². The van der Waals surface area contributed by atoms with Crippen LogP contribution >= 0.6 is 12.4 Å². The molecule has 15 heteroatoms. The molecule has 2 aromatic rings. The molecule has 14 nitrogen and oxygen atoms in total. The second-order valence-corrected chi connectivity index (χ2v) is 18.0. The number of ether oxygens (including phenoxy) is 3. The number of aromatic nitrogens is 2. The maximum absolute atomic E-state index is 13.5. The summed E-state index contributed by atoms with van der Waals surface area (Å²) in [5, 5.41) is 16.9. The zero-order valence-corrected chi connectivity index (χ0v) is 41.5. The Kier molecular flexibility index (Phi) is 34.3. The number of benzene rings is 1. The van der Waals surface area contributed by atoms with Crippen LogP contribution in [0.25, 0.3) is 10.9 Å². The van der Waals surface area contributed by atoms with E-state index >= 15 is 0 Å². The average Bonchev–Trinajstić information content (AvgIpc) is 3.65. The number of rotatable bonds is 40. The first-order chi connectivity index (χ1) is 31.0. The molecule has 0 aliphatic carbocycles. The van der Waals surface area contributed by atoms with Gasteiger partial charge in [-0.15, -0.1) is 19.0 Å². The van der Waals surface area contributed by atoms with Gasteiger partial charge >= 0.3 is 0 Å². The summed E-state index contributed by atoms with van der Waals surface area (Å²) in [5.74, 6) is -1.07. The van der Waals surface area contributed by atoms with Gasteiger partial charge in [0.1, 0.15) is 6.04 Å². The van der Waals surface area contributed by atoms with Crippen LogP contribution in [0.4, 0.5) is 0 Å².